The van der Waals surface area contributed by atoms with Crippen molar-refractivity contribution in [3.8, 4) is 12.3 Å². The van der Waals surface area contributed by atoms with E-state index < -0.39 is 34.8 Å². The third kappa shape index (κ3) is 2.90. The van der Waals surface area contributed by atoms with Crippen molar-refractivity contribution < 1.29 is 22.4 Å². The minimum absolute atomic E-state index is 0.0389. The van der Waals surface area contributed by atoms with E-state index >= 15 is 0 Å². The molecule has 1 N–H and O–H groups in total. The van der Waals surface area contributed by atoms with Crippen molar-refractivity contribution in [1.29, 1.82) is 0 Å². The molecule has 1 heterocycles. The van der Waals surface area contributed by atoms with E-state index in [2.05, 4.69) is 16.2 Å². The van der Waals surface area contributed by atoms with Crippen LogP contribution in [0.15, 0.2) is 12.1 Å². The third-order valence-electron chi connectivity index (χ3n) is 6.66. The van der Waals surface area contributed by atoms with Gasteiger partial charge in [0.05, 0.1) is 10.9 Å². The van der Waals surface area contributed by atoms with E-state index in [0.717, 1.165) is 19.3 Å². The Morgan fingerprint density at radius 1 is 1.31 bits per heavy atom. The molecule has 1 aromatic carbocycles. The van der Waals surface area contributed by atoms with Gasteiger partial charge in [-0.1, -0.05) is 12.8 Å². The van der Waals surface area contributed by atoms with Gasteiger partial charge in [0.25, 0.3) is 0 Å². The molecule has 0 saturated heterocycles. The number of aromatic nitrogens is 2. The van der Waals surface area contributed by atoms with E-state index in [4.69, 9.17) is 6.42 Å². The minimum atomic E-state index is -4.45. The summed E-state index contributed by atoms with van der Waals surface area (Å²) >= 11 is 0. The molecule has 2 saturated carbocycles. The first-order valence-electron chi connectivity index (χ1n) is 9.59. The van der Waals surface area contributed by atoms with E-state index in [9.17, 15) is 22.4 Å². The SMILES string of the molecule is C#Cc1cc(F)c2nc(NC(=O)C(C)C3(C(F)(F)F)CC3)n(C3(C)CCC3)c2c1. The van der Waals surface area contributed by atoms with Gasteiger partial charge < -0.3 is 4.57 Å². The summed E-state index contributed by atoms with van der Waals surface area (Å²) in [6.07, 6.45) is 3.35. The van der Waals surface area contributed by atoms with Crippen LogP contribution in [0.1, 0.15) is 51.5 Å². The zero-order chi connectivity index (χ0) is 21.2. The lowest BCUT2D eigenvalue weighted by atomic mass is 9.78. The van der Waals surface area contributed by atoms with Crippen molar-refractivity contribution in [2.24, 2.45) is 11.3 Å². The van der Waals surface area contributed by atoms with Crippen molar-refractivity contribution in [3.63, 3.8) is 0 Å². The fourth-order valence-corrected chi connectivity index (χ4v) is 4.33. The standard InChI is InChI=1S/C21H21F4N3O/c1-4-13-10-14(22)16-15(11-13)28(19(3)6-5-7-19)18(26-16)27-17(29)12(2)20(8-9-20)21(23,24)25/h1,10-12H,5-9H2,2-3H3,(H,26,27,29). The molecular formula is C21H21F4N3O. The van der Waals surface area contributed by atoms with Crippen LogP contribution in [-0.2, 0) is 10.3 Å². The quantitative estimate of drug-likeness (QED) is 0.574. The van der Waals surface area contributed by atoms with E-state index in [0.29, 0.717) is 11.1 Å². The van der Waals surface area contributed by atoms with E-state index in [1.54, 1.807) is 10.6 Å². The molecule has 1 atom stereocenters. The van der Waals surface area contributed by atoms with Crippen molar-refractivity contribution in [2.45, 2.75) is 57.7 Å². The molecule has 4 nitrogen and oxygen atoms in total. The van der Waals surface area contributed by atoms with Gasteiger partial charge in [-0.25, -0.2) is 9.37 Å². The number of rotatable bonds is 4. The van der Waals surface area contributed by atoms with Gasteiger partial charge in [0.1, 0.15) is 5.52 Å². The first-order valence-corrected chi connectivity index (χ1v) is 9.59. The molecule has 0 spiro atoms. The first-order chi connectivity index (χ1) is 13.5. The van der Waals surface area contributed by atoms with E-state index in [1.165, 1.54) is 13.0 Å². The summed E-state index contributed by atoms with van der Waals surface area (Å²) in [4.78, 5) is 17.0. The smallest absolute Gasteiger partial charge is 0.304 e. The summed E-state index contributed by atoms with van der Waals surface area (Å²) in [5.74, 6) is -0.210. The van der Waals surface area contributed by atoms with Gasteiger partial charge in [-0.05, 0) is 51.2 Å². The van der Waals surface area contributed by atoms with Crippen LogP contribution in [0.4, 0.5) is 23.5 Å². The largest absolute Gasteiger partial charge is 0.395 e. The molecule has 1 aromatic heterocycles. The number of terminal acetylenes is 1. The molecule has 0 bridgehead atoms. The second-order valence-corrected chi connectivity index (χ2v) is 8.46. The van der Waals surface area contributed by atoms with E-state index in [-0.39, 0.29) is 24.3 Å². The molecule has 8 heteroatoms. The number of nitrogens with zero attached hydrogens (tertiary/aromatic N) is 2. The second-order valence-electron chi connectivity index (χ2n) is 8.46. The number of carbonyl (C=O) groups excluding carboxylic acids is 1. The molecule has 154 valence electrons. The Morgan fingerprint density at radius 2 is 1.97 bits per heavy atom. The minimum Gasteiger partial charge on any atom is -0.304 e. The van der Waals surface area contributed by atoms with Crippen molar-refractivity contribution in [3.05, 3.63) is 23.5 Å². The molecule has 0 radical (unpaired) electrons. The number of benzene rings is 1. The maximum atomic E-state index is 14.6. The number of amides is 1. The lowest BCUT2D eigenvalue weighted by molar-refractivity contribution is -0.201. The molecule has 2 aliphatic carbocycles. The van der Waals surface area contributed by atoms with Gasteiger partial charge in [0.15, 0.2) is 5.82 Å². The van der Waals surface area contributed by atoms with Crippen LogP contribution >= 0.6 is 0 Å². The summed E-state index contributed by atoms with van der Waals surface area (Å²) in [5.41, 5.74) is -1.60. The summed E-state index contributed by atoms with van der Waals surface area (Å²) < 4.78 is 56.5. The summed E-state index contributed by atoms with van der Waals surface area (Å²) in [6, 6.07) is 2.80. The Labute approximate surface area is 165 Å². The van der Waals surface area contributed by atoms with Crippen LogP contribution < -0.4 is 5.32 Å². The first kappa shape index (κ1) is 19.7. The fraction of sp³-hybridized carbons (Fsp3) is 0.524. The van der Waals surface area contributed by atoms with E-state index in [1.807, 2.05) is 6.92 Å². The number of imidazole rings is 1. The van der Waals surface area contributed by atoms with Gasteiger partial charge in [0.2, 0.25) is 11.9 Å². The zero-order valence-corrected chi connectivity index (χ0v) is 16.2. The van der Waals surface area contributed by atoms with Gasteiger partial charge in [-0.15, -0.1) is 6.42 Å². The maximum absolute atomic E-state index is 14.6. The monoisotopic (exact) mass is 407 g/mol. The predicted molar refractivity (Wildman–Crippen MR) is 101 cm³/mol. The Kier molecular flexibility index (Phi) is 4.23. The van der Waals surface area contributed by atoms with Crippen LogP contribution in [0, 0.1) is 29.5 Å². The number of alkyl halides is 3. The van der Waals surface area contributed by atoms with Crippen LogP contribution in [0.5, 0.6) is 0 Å². The Morgan fingerprint density at radius 3 is 2.45 bits per heavy atom. The van der Waals surface area contributed by atoms with Gasteiger partial charge in [0, 0.05) is 17.0 Å². The van der Waals surface area contributed by atoms with Gasteiger partial charge in [-0.3, -0.25) is 10.1 Å². The maximum Gasteiger partial charge on any atom is 0.395 e. The number of hydrogen-bond donors (Lipinski definition) is 1. The van der Waals surface area contributed by atoms with Crippen LogP contribution in [-0.4, -0.2) is 21.6 Å². The Balaban J connectivity index is 1.76. The highest BCUT2D eigenvalue weighted by molar-refractivity contribution is 5.94. The lowest BCUT2D eigenvalue weighted by Crippen LogP contribution is -2.41. The summed E-state index contributed by atoms with van der Waals surface area (Å²) in [6.45, 7) is 3.24. The van der Waals surface area contributed by atoms with Crippen molar-refractivity contribution >= 4 is 22.9 Å². The highest BCUT2D eigenvalue weighted by Gasteiger charge is 2.67. The molecule has 2 fully saturated rings. The Bertz CT molecular complexity index is 1040. The fourth-order valence-electron chi connectivity index (χ4n) is 4.33. The highest BCUT2D eigenvalue weighted by atomic mass is 19.4. The number of fused-ring (bicyclic) bond motifs is 1. The number of nitrogens with one attached hydrogen (secondary N) is 1. The second kappa shape index (κ2) is 6.22. The van der Waals surface area contributed by atoms with Crippen LogP contribution in [0.3, 0.4) is 0 Å². The van der Waals surface area contributed by atoms with Crippen LogP contribution in [0.25, 0.3) is 11.0 Å². The molecule has 1 amide bonds. The normalized spacial score (nSPS) is 20.6. The molecule has 0 aliphatic heterocycles. The average Bonchev–Trinajstić information content (AvgIpc) is 3.36. The Hall–Kier alpha value is -2.56. The van der Waals surface area contributed by atoms with Crippen LogP contribution in [0.2, 0.25) is 0 Å². The van der Waals surface area contributed by atoms with Crippen molar-refractivity contribution in [2.75, 3.05) is 5.32 Å². The van der Waals surface area contributed by atoms with Gasteiger partial charge in [-0.2, -0.15) is 13.2 Å². The number of carbonyl (C=O) groups is 1. The predicted octanol–water partition coefficient (Wildman–Crippen LogP) is 4.97. The third-order valence-corrected chi connectivity index (χ3v) is 6.66. The highest BCUT2D eigenvalue weighted by Crippen LogP contribution is 2.62. The zero-order valence-electron chi connectivity index (χ0n) is 16.2. The summed E-state index contributed by atoms with van der Waals surface area (Å²) in [5, 5.41) is 2.55. The number of hydrogen-bond acceptors (Lipinski definition) is 2. The van der Waals surface area contributed by atoms with Crippen molar-refractivity contribution in [1.82, 2.24) is 9.55 Å². The molecular weight excluding hydrogens is 386 g/mol. The molecule has 4 rings (SSSR count). The topological polar surface area (TPSA) is 46.9 Å². The molecule has 1 unspecified atom stereocenters. The number of anilines is 1. The lowest BCUT2D eigenvalue weighted by Gasteiger charge is -2.41. The van der Waals surface area contributed by atoms with Gasteiger partial charge >= 0.3 is 6.18 Å². The molecule has 2 aliphatic rings. The summed E-state index contributed by atoms with van der Waals surface area (Å²) in [7, 11) is 0. The number of halogens is 4. The molecule has 2 aromatic rings. The average molecular weight is 407 g/mol. The molecule has 29 heavy (non-hydrogen) atoms.